The molecular formula is C23H36N8OS. The zero-order valence-electron chi connectivity index (χ0n) is 19.6. The second-order valence-electron chi connectivity index (χ2n) is 8.87. The Morgan fingerprint density at radius 1 is 1.09 bits per heavy atom. The van der Waals surface area contributed by atoms with Crippen LogP contribution in [0.3, 0.4) is 0 Å². The number of hydrogen-bond donors (Lipinski definition) is 2. The van der Waals surface area contributed by atoms with Gasteiger partial charge in [-0.25, -0.2) is 0 Å². The highest BCUT2D eigenvalue weighted by Crippen LogP contribution is 2.25. The van der Waals surface area contributed by atoms with Crippen molar-refractivity contribution < 1.29 is 4.42 Å². The van der Waals surface area contributed by atoms with Gasteiger partial charge < -0.3 is 35.1 Å². The summed E-state index contributed by atoms with van der Waals surface area (Å²) in [4.78, 5) is 18.6. The summed E-state index contributed by atoms with van der Waals surface area (Å²) in [7, 11) is 2.11. The number of nitrogens with zero attached hydrogens (tertiary/aromatic N) is 6. The molecule has 0 spiro atoms. The number of nitrogens with one attached hydrogen (secondary N) is 1. The van der Waals surface area contributed by atoms with Gasteiger partial charge in [0.25, 0.3) is 0 Å². The van der Waals surface area contributed by atoms with Crippen LogP contribution in [0.5, 0.6) is 0 Å². The topological polar surface area (TPSA) is 89.9 Å². The third kappa shape index (κ3) is 6.70. The van der Waals surface area contributed by atoms with Crippen LogP contribution in [-0.2, 0) is 6.54 Å². The van der Waals surface area contributed by atoms with Crippen LogP contribution in [0.2, 0.25) is 0 Å². The van der Waals surface area contributed by atoms with Crippen molar-refractivity contribution in [2.75, 3.05) is 74.5 Å². The molecule has 0 aromatic carbocycles. The molecule has 10 heteroatoms. The fraction of sp³-hybridized carbons (Fsp3) is 0.609. The number of aromatic nitrogens is 2. The summed E-state index contributed by atoms with van der Waals surface area (Å²) in [5.41, 5.74) is 5.91. The number of nitrogens with two attached hydrogens (primary N) is 1. The molecule has 33 heavy (non-hydrogen) atoms. The third-order valence-electron chi connectivity index (χ3n) is 6.31. The van der Waals surface area contributed by atoms with E-state index in [2.05, 4.69) is 33.1 Å². The molecule has 2 aromatic heterocycles. The van der Waals surface area contributed by atoms with Crippen molar-refractivity contribution in [3.8, 4) is 0 Å². The molecule has 4 heterocycles. The SMILES string of the molecule is CN(CCNc1cc(N2CCCC2)nc(N2CCCC2)n1)CCN(Cc1ccco1)C(N)=S. The minimum atomic E-state index is 0.391. The molecule has 0 unspecified atom stereocenters. The maximum Gasteiger partial charge on any atom is 0.229 e. The third-order valence-corrected chi connectivity index (χ3v) is 6.57. The number of furan rings is 1. The normalized spacial score (nSPS) is 16.1. The van der Waals surface area contributed by atoms with Gasteiger partial charge in [-0.15, -0.1) is 0 Å². The Morgan fingerprint density at radius 2 is 1.82 bits per heavy atom. The standard InChI is InChI=1S/C23H36N8OS/c1-28(14-15-31(22(24)33)18-19-7-6-16-32-19)13-8-25-20-17-21(29-9-2-3-10-29)27-23(26-20)30-11-4-5-12-30/h6-7,16-17H,2-5,8-15,18H2,1H3,(H2,24,33)(H,25,26,27). The quantitative estimate of drug-likeness (QED) is 0.475. The second kappa shape index (κ2) is 11.5. The molecule has 0 saturated carbocycles. The van der Waals surface area contributed by atoms with Crippen molar-refractivity contribution in [1.82, 2.24) is 19.8 Å². The summed E-state index contributed by atoms with van der Waals surface area (Å²) in [6, 6.07) is 5.92. The number of rotatable bonds is 11. The first-order valence-corrected chi connectivity index (χ1v) is 12.4. The number of thiocarbonyl (C=S) groups is 1. The van der Waals surface area contributed by atoms with Gasteiger partial charge in [-0.1, -0.05) is 0 Å². The van der Waals surface area contributed by atoms with Crippen molar-refractivity contribution >= 4 is 34.9 Å². The van der Waals surface area contributed by atoms with Crippen LogP contribution < -0.4 is 20.9 Å². The summed E-state index contributed by atoms with van der Waals surface area (Å²) in [5.74, 6) is 3.67. The Kier molecular flexibility index (Phi) is 8.22. The molecule has 3 N–H and O–H groups in total. The van der Waals surface area contributed by atoms with Crippen LogP contribution in [-0.4, -0.2) is 84.3 Å². The largest absolute Gasteiger partial charge is 0.467 e. The summed E-state index contributed by atoms with van der Waals surface area (Å²) in [6.07, 6.45) is 6.57. The molecule has 180 valence electrons. The molecule has 0 amide bonds. The van der Waals surface area contributed by atoms with Gasteiger partial charge in [0.1, 0.15) is 17.4 Å². The van der Waals surface area contributed by atoms with Crippen molar-refractivity contribution in [3.63, 3.8) is 0 Å². The Labute approximate surface area is 201 Å². The highest BCUT2D eigenvalue weighted by atomic mass is 32.1. The van der Waals surface area contributed by atoms with Gasteiger partial charge in [-0.2, -0.15) is 9.97 Å². The van der Waals surface area contributed by atoms with Crippen LogP contribution in [0, 0.1) is 0 Å². The predicted octanol–water partition coefficient (Wildman–Crippen LogP) is 2.36. The molecule has 4 rings (SSSR count). The number of hydrogen-bond acceptors (Lipinski definition) is 8. The van der Waals surface area contributed by atoms with Crippen molar-refractivity contribution in [3.05, 3.63) is 30.2 Å². The molecule has 0 bridgehead atoms. The van der Waals surface area contributed by atoms with E-state index >= 15 is 0 Å². The van der Waals surface area contributed by atoms with Gasteiger partial charge >= 0.3 is 0 Å². The fourth-order valence-electron chi connectivity index (χ4n) is 4.32. The fourth-order valence-corrected chi connectivity index (χ4v) is 4.47. The number of likely N-dealkylation sites (N-methyl/N-ethyl adjacent to an activating group) is 1. The molecule has 0 atom stereocenters. The Balaban J connectivity index is 1.29. The first kappa shape index (κ1) is 23.6. The maximum absolute atomic E-state index is 5.91. The zero-order chi connectivity index (χ0) is 23.0. The lowest BCUT2D eigenvalue weighted by Gasteiger charge is -2.25. The highest BCUT2D eigenvalue weighted by Gasteiger charge is 2.20. The number of anilines is 3. The van der Waals surface area contributed by atoms with Gasteiger partial charge in [-0.05, 0) is 57.1 Å². The van der Waals surface area contributed by atoms with E-state index in [9.17, 15) is 0 Å². The van der Waals surface area contributed by atoms with E-state index in [1.807, 2.05) is 17.0 Å². The Morgan fingerprint density at radius 3 is 2.48 bits per heavy atom. The van der Waals surface area contributed by atoms with Crippen molar-refractivity contribution in [2.24, 2.45) is 5.73 Å². The summed E-state index contributed by atoms with van der Waals surface area (Å²) in [6.45, 7) is 8.12. The van der Waals surface area contributed by atoms with Crippen LogP contribution in [0.25, 0.3) is 0 Å². The molecule has 0 radical (unpaired) electrons. The molecule has 0 aliphatic carbocycles. The minimum absolute atomic E-state index is 0.391. The van der Waals surface area contributed by atoms with Gasteiger partial charge in [0.2, 0.25) is 5.95 Å². The van der Waals surface area contributed by atoms with Crippen LogP contribution in [0.1, 0.15) is 31.4 Å². The van der Waals surface area contributed by atoms with E-state index in [0.29, 0.717) is 11.7 Å². The van der Waals surface area contributed by atoms with Gasteiger partial charge in [0.15, 0.2) is 5.11 Å². The predicted molar refractivity (Wildman–Crippen MR) is 137 cm³/mol. The van der Waals surface area contributed by atoms with Crippen LogP contribution >= 0.6 is 12.2 Å². The molecule has 2 fully saturated rings. The summed E-state index contributed by atoms with van der Waals surface area (Å²) < 4.78 is 5.43. The van der Waals surface area contributed by atoms with Gasteiger partial charge in [0.05, 0.1) is 12.8 Å². The average Bonchev–Trinajstić information content (AvgIpc) is 3.59. The van der Waals surface area contributed by atoms with E-state index in [4.69, 9.17) is 32.3 Å². The van der Waals surface area contributed by atoms with Gasteiger partial charge in [-0.3, -0.25) is 0 Å². The minimum Gasteiger partial charge on any atom is -0.467 e. The first-order chi connectivity index (χ1) is 16.1. The van der Waals surface area contributed by atoms with Crippen LogP contribution in [0.15, 0.2) is 28.9 Å². The van der Waals surface area contributed by atoms with E-state index in [-0.39, 0.29) is 0 Å². The van der Waals surface area contributed by atoms with E-state index in [1.54, 1.807) is 6.26 Å². The smallest absolute Gasteiger partial charge is 0.229 e. The molecule has 2 aromatic rings. The first-order valence-electron chi connectivity index (χ1n) is 12.0. The highest BCUT2D eigenvalue weighted by molar-refractivity contribution is 7.80. The molecule has 2 saturated heterocycles. The van der Waals surface area contributed by atoms with E-state index in [1.165, 1.54) is 25.7 Å². The zero-order valence-corrected chi connectivity index (χ0v) is 20.4. The molecule has 2 aliphatic rings. The van der Waals surface area contributed by atoms with E-state index < -0.39 is 0 Å². The molecule has 9 nitrogen and oxygen atoms in total. The second-order valence-corrected chi connectivity index (χ2v) is 9.29. The van der Waals surface area contributed by atoms with E-state index in [0.717, 1.165) is 75.7 Å². The monoisotopic (exact) mass is 472 g/mol. The van der Waals surface area contributed by atoms with Gasteiger partial charge in [0, 0.05) is 58.4 Å². The molecule has 2 aliphatic heterocycles. The average molecular weight is 473 g/mol. The lowest BCUT2D eigenvalue weighted by molar-refractivity contribution is 0.283. The van der Waals surface area contributed by atoms with Crippen molar-refractivity contribution in [1.29, 1.82) is 0 Å². The Hall–Kier alpha value is -2.59. The lowest BCUT2D eigenvalue weighted by Crippen LogP contribution is -2.40. The van der Waals surface area contributed by atoms with Crippen LogP contribution in [0.4, 0.5) is 17.6 Å². The molecular weight excluding hydrogens is 436 g/mol. The lowest BCUT2D eigenvalue weighted by atomic mass is 10.4. The Bertz CT molecular complexity index is 846. The maximum atomic E-state index is 5.91. The summed E-state index contributed by atoms with van der Waals surface area (Å²) >= 11 is 5.22. The van der Waals surface area contributed by atoms with Crippen molar-refractivity contribution in [2.45, 2.75) is 32.2 Å². The summed E-state index contributed by atoms with van der Waals surface area (Å²) in [5, 5.41) is 3.92.